The summed E-state index contributed by atoms with van der Waals surface area (Å²) in [7, 11) is 0. The second-order valence-corrected chi connectivity index (χ2v) is 4.02. The van der Waals surface area contributed by atoms with E-state index in [1.807, 2.05) is 0 Å². The van der Waals surface area contributed by atoms with Crippen LogP contribution in [0.5, 0.6) is 0 Å². The van der Waals surface area contributed by atoms with E-state index in [0.717, 1.165) is 18.3 Å². The molecule has 2 aromatic carbocycles. The van der Waals surface area contributed by atoms with Gasteiger partial charge in [-0.2, -0.15) is 0 Å². The van der Waals surface area contributed by atoms with Crippen molar-refractivity contribution >= 4 is 23.5 Å². The van der Waals surface area contributed by atoms with E-state index >= 15 is 0 Å². The van der Waals surface area contributed by atoms with Gasteiger partial charge < -0.3 is 0 Å². The molecule has 1 nitrogen and oxygen atoms in total. The first-order chi connectivity index (χ1) is 8.99. The minimum absolute atomic E-state index is 0.0953. The molecule has 0 aliphatic rings. The van der Waals surface area contributed by atoms with Crippen LogP contribution >= 0.6 is 11.6 Å². The first-order valence-corrected chi connectivity index (χ1v) is 5.49. The molecular weight excluding hydrogens is 282 g/mol. The topological polar surface area (TPSA) is 12.4 Å². The van der Waals surface area contributed by atoms with Crippen LogP contribution in [0, 0.1) is 23.3 Å². The van der Waals surface area contributed by atoms with Gasteiger partial charge in [0.25, 0.3) is 0 Å². The van der Waals surface area contributed by atoms with Gasteiger partial charge >= 0.3 is 0 Å². The summed E-state index contributed by atoms with van der Waals surface area (Å²) >= 11 is 5.47. The number of rotatable bonds is 2. The van der Waals surface area contributed by atoms with Crippen molar-refractivity contribution < 1.29 is 17.6 Å². The van der Waals surface area contributed by atoms with Crippen molar-refractivity contribution in [1.29, 1.82) is 0 Å². The highest BCUT2D eigenvalue weighted by atomic mass is 35.5. The van der Waals surface area contributed by atoms with Crippen LogP contribution in [0.2, 0.25) is 5.02 Å². The highest BCUT2D eigenvalue weighted by molar-refractivity contribution is 6.30. The summed E-state index contributed by atoms with van der Waals surface area (Å²) < 4.78 is 52.6. The lowest BCUT2D eigenvalue weighted by molar-refractivity contribution is 0.493. The number of halogens is 5. The predicted octanol–water partition coefficient (Wildman–Crippen LogP) is 4.65. The number of nitrogens with zero attached hydrogens (tertiary/aromatic N) is 1. The smallest absolute Gasteiger partial charge is 0.170 e. The maximum absolute atomic E-state index is 13.3. The lowest BCUT2D eigenvalue weighted by Gasteiger charge is -2.00. The zero-order chi connectivity index (χ0) is 14.0. The molecule has 0 N–H and O–H groups in total. The lowest BCUT2D eigenvalue weighted by atomic mass is 10.2. The summed E-state index contributed by atoms with van der Waals surface area (Å²) in [5.41, 5.74) is -0.527. The number of hydrogen-bond donors (Lipinski definition) is 0. The Balaban J connectivity index is 2.37. The third-order valence-corrected chi connectivity index (χ3v) is 2.63. The Morgan fingerprint density at radius 3 is 2.26 bits per heavy atom. The first kappa shape index (κ1) is 13.5. The highest BCUT2D eigenvalue weighted by Crippen LogP contribution is 2.21. The summed E-state index contributed by atoms with van der Waals surface area (Å²) in [6, 6.07) is 5.05. The van der Waals surface area contributed by atoms with Crippen LogP contribution < -0.4 is 0 Å². The van der Waals surface area contributed by atoms with Crippen LogP contribution in [0.25, 0.3) is 0 Å². The van der Waals surface area contributed by atoms with E-state index in [2.05, 4.69) is 4.99 Å². The van der Waals surface area contributed by atoms with Crippen LogP contribution in [0.4, 0.5) is 23.2 Å². The maximum Gasteiger partial charge on any atom is 0.170 e. The molecule has 0 amide bonds. The van der Waals surface area contributed by atoms with Gasteiger partial charge in [-0.3, -0.25) is 4.99 Å². The summed E-state index contributed by atoms with van der Waals surface area (Å²) in [6.07, 6.45) is 0.788. The Hall–Kier alpha value is -1.88. The summed E-state index contributed by atoms with van der Waals surface area (Å²) in [5, 5.41) is -0.0953. The molecule has 0 unspecified atom stereocenters. The fourth-order valence-electron chi connectivity index (χ4n) is 1.37. The van der Waals surface area contributed by atoms with E-state index in [1.165, 1.54) is 12.1 Å². The van der Waals surface area contributed by atoms with E-state index in [0.29, 0.717) is 6.07 Å². The average molecular weight is 288 g/mol. The Morgan fingerprint density at radius 2 is 1.58 bits per heavy atom. The minimum Gasteiger partial charge on any atom is -0.256 e. The van der Waals surface area contributed by atoms with Gasteiger partial charge in [-0.15, -0.1) is 0 Å². The van der Waals surface area contributed by atoms with Crippen molar-refractivity contribution in [3.63, 3.8) is 0 Å². The van der Waals surface area contributed by atoms with E-state index in [-0.39, 0.29) is 10.7 Å². The monoisotopic (exact) mass is 287 g/mol. The highest BCUT2D eigenvalue weighted by Gasteiger charge is 2.11. The van der Waals surface area contributed by atoms with Crippen molar-refractivity contribution in [3.8, 4) is 0 Å². The van der Waals surface area contributed by atoms with Crippen molar-refractivity contribution in [2.75, 3.05) is 0 Å². The third kappa shape index (κ3) is 2.93. The largest absolute Gasteiger partial charge is 0.256 e. The van der Waals surface area contributed by atoms with Gasteiger partial charge in [0.05, 0.1) is 16.3 Å². The Kier molecular flexibility index (Phi) is 3.85. The van der Waals surface area contributed by atoms with E-state index < -0.39 is 28.8 Å². The first-order valence-electron chi connectivity index (χ1n) is 5.11. The van der Waals surface area contributed by atoms with Crippen LogP contribution in [-0.2, 0) is 0 Å². The maximum atomic E-state index is 13.3. The van der Waals surface area contributed by atoms with E-state index in [9.17, 15) is 17.6 Å². The molecule has 0 aliphatic carbocycles. The molecule has 2 aromatic rings. The molecule has 0 aliphatic heterocycles. The molecule has 0 aromatic heterocycles. The van der Waals surface area contributed by atoms with Gasteiger partial charge in [0.15, 0.2) is 11.6 Å². The van der Waals surface area contributed by atoms with Crippen LogP contribution in [-0.4, -0.2) is 6.21 Å². The molecule has 98 valence electrons. The van der Waals surface area contributed by atoms with Gasteiger partial charge in [0.2, 0.25) is 0 Å². The molecule has 6 heteroatoms. The Morgan fingerprint density at radius 1 is 0.895 bits per heavy atom. The van der Waals surface area contributed by atoms with Gasteiger partial charge in [-0.05, 0) is 24.3 Å². The van der Waals surface area contributed by atoms with Crippen molar-refractivity contribution in [2.24, 2.45) is 4.99 Å². The molecule has 0 bridgehead atoms. The molecule has 0 spiro atoms. The minimum atomic E-state index is -1.35. The van der Waals surface area contributed by atoms with Gasteiger partial charge in [-0.1, -0.05) is 11.6 Å². The van der Waals surface area contributed by atoms with Crippen molar-refractivity contribution in [3.05, 3.63) is 64.2 Å². The fourth-order valence-corrected chi connectivity index (χ4v) is 1.48. The van der Waals surface area contributed by atoms with Crippen LogP contribution in [0.1, 0.15) is 5.56 Å². The van der Waals surface area contributed by atoms with Crippen LogP contribution in [0.3, 0.4) is 0 Å². The number of benzene rings is 2. The molecule has 0 fully saturated rings. The summed E-state index contributed by atoms with van der Waals surface area (Å²) in [4.78, 5) is 3.67. The van der Waals surface area contributed by atoms with E-state index in [1.54, 1.807) is 0 Å². The molecule has 2 rings (SSSR count). The Labute approximate surface area is 111 Å². The van der Waals surface area contributed by atoms with Gasteiger partial charge in [0, 0.05) is 12.3 Å². The summed E-state index contributed by atoms with van der Waals surface area (Å²) in [6.45, 7) is 0. The molecular formula is C13H6ClF4N. The van der Waals surface area contributed by atoms with Gasteiger partial charge in [0.1, 0.15) is 11.6 Å². The Bertz CT molecular complexity index is 655. The molecule has 0 saturated heterocycles. The zero-order valence-electron chi connectivity index (χ0n) is 9.30. The standard InChI is InChI=1S/C13H6ClF4N/c14-9-2-1-7(5-12(9)17)19-6-8-10(15)3-4-11(16)13(8)18/h1-6H. The normalized spacial score (nSPS) is 11.2. The fraction of sp³-hybridized carbons (Fsp3) is 0. The zero-order valence-corrected chi connectivity index (χ0v) is 10.1. The van der Waals surface area contributed by atoms with Crippen molar-refractivity contribution in [2.45, 2.75) is 0 Å². The molecule has 19 heavy (non-hydrogen) atoms. The number of aliphatic imine (C=N–C) groups is 1. The molecule has 0 atom stereocenters. The van der Waals surface area contributed by atoms with Gasteiger partial charge in [-0.25, -0.2) is 17.6 Å². The SMILES string of the molecule is Fc1cc(N=Cc2c(F)ccc(F)c2F)ccc1Cl. The second-order valence-electron chi connectivity index (χ2n) is 3.61. The molecule has 0 saturated carbocycles. The number of hydrogen-bond acceptors (Lipinski definition) is 1. The predicted molar refractivity (Wildman–Crippen MR) is 65.0 cm³/mol. The quantitative estimate of drug-likeness (QED) is 0.433. The second kappa shape index (κ2) is 5.40. The molecule has 0 radical (unpaired) electrons. The lowest BCUT2D eigenvalue weighted by Crippen LogP contribution is -1.97. The third-order valence-electron chi connectivity index (χ3n) is 2.33. The van der Waals surface area contributed by atoms with Crippen LogP contribution in [0.15, 0.2) is 35.3 Å². The summed E-state index contributed by atoms with van der Waals surface area (Å²) in [5.74, 6) is -4.21. The van der Waals surface area contributed by atoms with Crippen molar-refractivity contribution in [1.82, 2.24) is 0 Å². The van der Waals surface area contributed by atoms with E-state index in [4.69, 9.17) is 11.6 Å². The average Bonchev–Trinajstić information content (AvgIpc) is 2.38. The molecule has 0 heterocycles.